The average molecular weight is 354 g/mol. The van der Waals surface area contributed by atoms with Gasteiger partial charge in [0, 0.05) is 17.7 Å². The summed E-state index contributed by atoms with van der Waals surface area (Å²) in [7, 11) is 0. The van der Waals surface area contributed by atoms with Gasteiger partial charge in [-0.1, -0.05) is 18.6 Å². The molecule has 4 fully saturated rings. The Labute approximate surface area is 159 Å². The molecule has 0 aromatic heterocycles. The van der Waals surface area contributed by atoms with Gasteiger partial charge in [-0.2, -0.15) is 0 Å². The minimum atomic E-state index is 0.202. The maximum absolute atomic E-state index is 8.14. The van der Waals surface area contributed by atoms with Crippen LogP contribution in [0.15, 0.2) is 24.3 Å². The van der Waals surface area contributed by atoms with Crippen LogP contribution in [-0.2, 0) is 4.74 Å². The van der Waals surface area contributed by atoms with Crippen LogP contribution in [0.2, 0.25) is 0 Å². The molecular weight excluding hydrogens is 318 g/mol. The molecule has 0 amide bonds. The summed E-state index contributed by atoms with van der Waals surface area (Å²) in [4.78, 5) is 0. The Hall–Kier alpha value is -0.890. The van der Waals surface area contributed by atoms with Crippen LogP contribution < -0.4 is 0 Å². The van der Waals surface area contributed by atoms with Crippen molar-refractivity contribution < 1.29 is 4.74 Å². The maximum Gasteiger partial charge on any atom is 0.0742 e. The molecule has 1 N–H and O–H groups in total. The summed E-state index contributed by atoms with van der Waals surface area (Å²) in [5, 5.41) is 8.14. The van der Waals surface area contributed by atoms with Crippen LogP contribution in [0.3, 0.4) is 0 Å². The Balaban J connectivity index is 1.54. The van der Waals surface area contributed by atoms with Gasteiger partial charge in [-0.15, -0.1) is 6.58 Å². The van der Waals surface area contributed by atoms with Gasteiger partial charge in [-0.3, -0.25) is 0 Å². The molecule has 1 heterocycles. The zero-order valence-electron chi connectivity index (χ0n) is 16.4. The van der Waals surface area contributed by atoms with Crippen molar-refractivity contribution in [2.24, 2.45) is 35.0 Å². The number of ether oxygens (including phenoxy) is 1. The molecule has 1 saturated heterocycles. The highest BCUT2D eigenvalue weighted by molar-refractivity contribution is 5.93. The third-order valence-corrected chi connectivity index (χ3v) is 9.44. The van der Waals surface area contributed by atoms with Crippen molar-refractivity contribution in [1.29, 1.82) is 5.41 Å². The highest BCUT2D eigenvalue weighted by atomic mass is 16.5. The summed E-state index contributed by atoms with van der Waals surface area (Å²) in [6, 6.07) is 0. The molecule has 2 nitrogen and oxygen atoms in total. The highest BCUT2D eigenvalue weighted by Gasteiger charge is 2.66. The van der Waals surface area contributed by atoms with E-state index in [9.17, 15) is 0 Å². The van der Waals surface area contributed by atoms with E-state index in [1.807, 2.05) is 0 Å². The van der Waals surface area contributed by atoms with E-state index in [0.717, 1.165) is 42.4 Å². The molecule has 0 bridgehead atoms. The number of rotatable bonds is 2. The lowest BCUT2D eigenvalue weighted by molar-refractivity contribution is -0.143. The van der Waals surface area contributed by atoms with E-state index in [0.29, 0.717) is 11.3 Å². The minimum Gasteiger partial charge on any atom is -0.374 e. The molecule has 26 heavy (non-hydrogen) atoms. The fraction of sp³-hybridized carbons (Fsp3) is 0.792. The molecule has 0 aromatic rings. The van der Waals surface area contributed by atoms with E-state index in [1.165, 1.54) is 57.8 Å². The first-order valence-electron chi connectivity index (χ1n) is 11.2. The lowest BCUT2D eigenvalue weighted by atomic mass is 9.47. The molecule has 1 spiro atoms. The van der Waals surface area contributed by atoms with Crippen LogP contribution in [0.25, 0.3) is 0 Å². The Morgan fingerprint density at radius 2 is 2.15 bits per heavy atom. The Morgan fingerprint density at radius 1 is 1.27 bits per heavy atom. The molecule has 5 rings (SSSR count). The summed E-state index contributed by atoms with van der Waals surface area (Å²) >= 11 is 0. The van der Waals surface area contributed by atoms with Gasteiger partial charge in [0.1, 0.15) is 0 Å². The topological polar surface area (TPSA) is 33.1 Å². The second-order valence-corrected chi connectivity index (χ2v) is 9.87. The normalized spacial score (nSPS) is 50.1. The number of allylic oxidation sites excluding steroid dienone is 3. The molecule has 1 aliphatic heterocycles. The van der Waals surface area contributed by atoms with Crippen molar-refractivity contribution in [1.82, 2.24) is 0 Å². The van der Waals surface area contributed by atoms with Gasteiger partial charge in [-0.25, -0.2) is 0 Å². The molecule has 2 heteroatoms. The lowest BCUT2D eigenvalue weighted by Crippen LogP contribution is -2.55. The minimum absolute atomic E-state index is 0.202. The molecule has 5 aliphatic rings. The molecule has 4 unspecified atom stereocenters. The number of fused-ring (bicyclic) bond motifs is 6. The second kappa shape index (κ2) is 6.06. The molecule has 0 aromatic carbocycles. The summed E-state index contributed by atoms with van der Waals surface area (Å²) < 4.78 is 6.57. The maximum atomic E-state index is 8.14. The van der Waals surface area contributed by atoms with Crippen molar-refractivity contribution in [3.63, 3.8) is 0 Å². The SMILES string of the molecule is C=CC1CC2=CC(=N)CC[C@@H]2C2CC[C@@]3(CC)C(CC[C@@]34CCCO4)C12. The first-order chi connectivity index (χ1) is 12.6. The van der Waals surface area contributed by atoms with Gasteiger partial charge in [0.25, 0.3) is 0 Å². The van der Waals surface area contributed by atoms with Crippen molar-refractivity contribution in [3.05, 3.63) is 24.3 Å². The highest BCUT2D eigenvalue weighted by Crippen LogP contribution is 2.69. The monoisotopic (exact) mass is 353 g/mol. The molecule has 142 valence electrons. The van der Waals surface area contributed by atoms with Crippen molar-refractivity contribution in [3.8, 4) is 0 Å². The summed E-state index contributed by atoms with van der Waals surface area (Å²) in [6.07, 6.45) is 17.2. The predicted octanol–water partition coefficient (Wildman–Crippen LogP) is 5.93. The third-order valence-electron chi connectivity index (χ3n) is 9.44. The van der Waals surface area contributed by atoms with Crippen LogP contribution in [-0.4, -0.2) is 17.9 Å². The van der Waals surface area contributed by atoms with Crippen LogP contribution in [0.4, 0.5) is 0 Å². The van der Waals surface area contributed by atoms with Gasteiger partial charge in [0.15, 0.2) is 0 Å². The molecule has 7 atom stereocenters. The van der Waals surface area contributed by atoms with Crippen molar-refractivity contribution in [2.45, 2.75) is 76.7 Å². The Morgan fingerprint density at radius 3 is 2.88 bits per heavy atom. The first-order valence-corrected chi connectivity index (χ1v) is 11.2. The fourth-order valence-electron chi connectivity index (χ4n) is 8.52. The van der Waals surface area contributed by atoms with Gasteiger partial charge < -0.3 is 10.1 Å². The van der Waals surface area contributed by atoms with Crippen LogP contribution >= 0.6 is 0 Å². The zero-order valence-corrected chi connectivity index (χ0v) is 16.4. The molecule has 4 aliphatic carbocycles. The third kappa shape index (κ3) is 2.11. The number of nitrogens with one attached hydrogen (secondary N) is 1. The van der Waals surface area contributed by atoms with Gasteiger partial charge >= 0.3 is 0 Å². The van der Waals surface area contributed by atoms with E-state index >= 15 is 0 Å². The Kier molecular flexibility index (Phi) is 4.01. The van der Waals surface area contributed by atoms with Crippen molar-refractivity contribution >= 4 is 5.71 Å². The first kappa shape index (κ1) is 17.2. The Bertz CT molecular complexity index is 643. The number of hydrogen-bond donors (Lipinski definition) is 1. The van der Waals surface area contributed by atoms with E-state index in [-0.39, 0.29) is 5.60 Å². The zero-order chi connectivity index (χ0) is 17.9. The van der Waals surface area contributed by atoms with Crippen LogP contribution in [0, 0.1) is 40.4 Å². The lowest BCUT2D eigenvalue weighted by Gasteiger charge is -2.59. The van der Waals surface area contributed by atoms with Gasteiger partial charge in [0.05, 0.1) is 5.60 Å². The summed E-state index contributed by atoms with van der Waals surface area (Å²) in [5.41, 5.74) is 3.07. The molecular formula is C24H35NO. The molecule has 0 radical (unpaired) electrons. The predicted molar refractivity (Wildman–Crippen MR) is 106 cm³/mol. The van der Waals surface area contributed by atoms with Crippen LogP contribution in [0.1, 0.15) is 71.1 Å². The van der Waals surface area contributed by atoms with E-state index in [4.69, 9.17) is 10.1 Å². The largest absolute Gasteiger partial charge is 0.374 e. The van der Waals surface area contributed by atoms with E-state index in [2.05, 4.69) is 25.7 Å². The standard InChI is InChI=1S/C24H35NO/c1-3-16-14-17-15-18(25)6-7-19(17)20-8-11-23(4-2)21(22(16)20)9-12-24(23)10-5-13-26-24/h3,15-16,19-22,25H,1,4-14H2,2H3/t16?,19-,20?,21?,22?,23-,24-/m0/s1. The summed E-state index contributed by atoms with van der Waals surface area (Å²) in [5.74, 6) is 3.82. The number of hydrogen-bond acceptors (Lipinski definition) is 2. The fourth-order valence-corrected chi connectivity index (χ4v) is 8.52. The quantitative estimate of drug-likeness (QED) is 0.613. The smallest absolute Gasteiger partial charge is 0.0742 e. The van der Waals surface area contributed by atoms with E-state index < -0.39 is 0 Å². The summed E-state index contributed by atoms with van der Waals surface area (Å²) in [6.45, 7) is 7.71. The molecule has 3 saturated carbocycles. The van der Waals surface area contributed by atoms with Gasteiger partial charge in [0.2, 0.25) is 0 Å². The van der Waals surface area contributed by atoms with E-state index in [1.54, 1.807) is 5.57 Å². The second-order valence-electron chi connectivity index (χ2n) is 9.87. The van der Waals surface area contributed by atoms with Gasteiger partial charge in [-0.05, 0) is 99.9 Å². The average Bonchev–Trinajstić information content (AvgIpc) is 3.27. The van der Waals surface area contributed by atoms with Crippen LogP contribution in [0.5, 0.6) is 0 Å². The van der Waals surface area contributed by atoms with Crippen molar-refractivity contribution in [2.75, 3.05) is 6.61 Å².